The smallest absolute Gasteiger partial charge is 0.160 e. The molecule has 0 unspecified atom stereocenters. The molecule has 1 aliphatic heterocycles. The van der Waals surface area contributed by atoms with E-state index < -0.39 is 0 Å². The molecule has 46 heavy (non-hydrogen) atoms. The molecule has 0 aliphatic carbocycles. The first kappa shape index (κ1) is 27.7. The Kier molecular flexibility index (Phi) is 7.20. The minimum atomic E-state index is 0.159. The lowest BCUT2D eigenvalue weighted by Crippen LogP contribution is -2.14. The third kappa shape index (κ3) is 5.06. The van der Waals surface area contributed by atoms with Gasteiger partial charge in [0.05, 0.1) is 22.4 Å². The maximum absolute atomic E-state index is 5.25. The highest BCUT2D eigenvalue weighted by atomic mass is 15.0. The largest absolute Gasteiger partial charge is 0.309 e. The van der Waals surface area contributed by atoms with Crippen molar-refractivity contribution in [2.45, 2.75) is 13.3 Å². The van der Waals surface area contributed by atoms with Crippen LogP contribution in [0.1, 0.15) is 30.0 Å². The molecule has 2 heterocycles. The van der Waals surface area contributed by atoms with Gasteiger partial charge in [-0.05, 0) is 59.0 Å². The first-order chi connectivity index (χ1) is 22.8. The average Bonchev–Trinajstić information content (AvgIpc) is 3.33. The van der Waals surface area contributed by atoms with Gasteiger partial charge in [0.25, 0.3) is 0 Å². The number of fused-ring (bicyclic) bond motifs is 3. The van der Waals surface area contributed by atoms with E-state index in [1.54, 1.807) is 0 Å². The lowest BCUT2D eigenvalue weighted by Gasteiger charge is -2.14. The summed E-state index contributed by atoms with van der Waals surface area (Å²) in [6.07, 6.45) is 3.22. The van der Waals surface area contributed by atoms with Gasteiger partial charge >= 0.3 is 0 Å². The molecule has 0 bridgehead atoms. The van der Waals surface area contributed by atoms with E-state index in [1.165, 1.54) is 27.4 Å². The monoisotopic (exact) mass is 591 g/mol. The first-order valence-corrected chi connectivity index (χ1v) is 16.0. The van der Waals surface area contributed by atoms with Crippen LogP contribution in [0.25, 0.3) is 44.3 Å². The summed E-state index contributed by atoms with van der Waals surface area (Å²) in [5.41, 5.74) is 11.2. The molecule has 1 atom stereocenters. The average molecular weight is 592 g/mol. The lowest BCUT2D eigenvalue weighted by atomic mass is 9.92. The molecule has 0 saturated carbocycles. The highest BCUT2D eigenvalue weighted by molar-refractivity contribution is 6.16. The maximum Gasteiger partial charge on any atom is 0.160 e. The lowest BCUT2D eigenvalue weighted by molar-refractivity contribution is 0.819. The Labute approximate surface area is 269 Å². The molecular formula is C43H33N3. The van der Waals surface area contributed by atoms with E-state index in [4.69, 9.17) is 9.98 Å². The third-order valence-corrected chi connectivity index (χ3v) is 8.92. The summed E-state index contributed by atoms with van der Waals surface area (Å²) in [6, 6.07) is 55.7. The highest BCUT2D eigenvalue weighted by Gasteiger charge is 2.21. The Morgan fingerprint density at radius 3 is 1.57 bits per heavy atom. The van der Waals surface area contributed by atoms with Crippen molar-refractivity contribution in [3.8, 4) is 16.8 Å². The van der Waals surface area contributed by atoms with E-state index in [9.17, 15) is 0 Å². The Hall–Kier alpha value is -5.80. The summed E-state index contributed by atoms with van der Waals surface area (Å²) in [7, 11) is 0. The Bertz CT molecular complexity index is 2200. The number of hydrogen-bond acceptors (Lipinski definition) is 2. The van der Waals surface area contributed by atoms with Crippen molar-refractivity contribution in [3.05, 3.63) is 180 Å². The van der Waals surface area contributed by atoms with Crippen molar-refractivity contribution in [2.75, 3.05) is 0 Å². The molecule has 1 aromatic heterocycles. The van der Waals surface area contributed by atoms with Crippen molar-refractivity contribution < 1.29 is 0 Å². The summed E-state index contributed by atoms with van der Waals surface area (Å²) in [4.78, 5) is 10.4. The standard InChI is InChI=1S/C43H33N3/c1-2-30-29-39(33-13-5-3-6-14-33)44-43(45-42(30)34-15-7-4-8-16-34)35-23-21-31(22-24-35)32-25-27-36(28-26-32)46-40-19-11-9-17-37(40)38-18-10-12-20-41(38)46/h3-30H,2H2,1H3/t30-/m0/s1. The summed E-state index contributed by atoms with van der Waals surface area (Å²) in [6.45, 7) is 2.22. The predicted molar refractivity (Wildman–Crippen MR) is 194 cm³/mol. The van der Waals surface area contributed by atoms with Crippen LogP contribution in [0.5, 0.6) is 0 Å². The fraction of sp³-hybridized carbons (Fsp3) is 0.0698. The van der Waals surface area contributed by atoms with Gasteiger partial charge in [0.2, 0.25) is 0 Å². The summed E-state index contributed by atoms with van der Waals surface area (Å²) in [5.74, 6) is 0.893. The fourth-order valence-electron chi connectivity index (χ4n) is 6.56. The number of rotatable bonds is 6. The molecule has 0 amide bonds. The number of amidine groups is 1. The number of aromatic nitrogens is 1. The van der Waals surface area contributed by atoms with Crippen LogP contribution in [0.15, 0.2) is 174 Å². The number of nitrogens with zero attached hydrogens (tertiary/aromatic N) is 3. The molecule has 0 spiro atoms. The first-order valence-electron chi connectivity index (χ1n) is 16.0. The van der Waals surface area contributed by atoms with Crippen molar-refractivity contribution in [1.29, 1.82) is 0 Å². The van der Waals surface area contributed by atoms with Crippen molar-refractivity contribution in [2.24, 2.45) is 15.9 Å². The van der Waals surface area contributed by atoms with Crippen molar-refractivity contribution in [1.82, 2.24) is 4.57 Å². The van der Waals surface area contributed by atoms with Gasteiger partial charge in [-0.2, -0.15) is 0 Å². The van der Waals surface area contributed by atoms with Crippen molar-refractivity contribution in [3.63, 3.8) is 0 Å². The van der Waals surface area contributed by atoms with E-state index in [2.05, 4.69) is 169 Å². The van der Waals surface area contributed by atoms with Crippen LogP contribution < -0.4 is 0 Å². The number of aliphatic imine (C=N–C) groups is 2. The molecule has 0 saturated heterocycles. The van der Waals surface area contributed by atoms with Gasteiger partial charge in [-0.3, -0.25) is 0 Å². The second kappa shape index (κ2) is 11.9. The van der Waals surface area contributed by atoms with Gasteiger partial charge in [0.15, 0.2) is 5.84 Å². The van der Waals surface area contributed by atoms with Crippen LogP contribution in [0.3, 0.4) is 0 Å². The minimum absolute atomic E-state index is 0.159. The van der Waals surface area contributed by atoms with E-state index in [-0.39, 0.29) is 5.92 Å². The summed E-state index contributed by atoms with van der Waals surface area (Å²) in [5, 5.41) is 2.54. The second-order valence-electron chi connectivity index (χ2n) is 11.7. The van der Waals surface area contributed by atoms with Gasteiger partial charge in [-0.1, -0.05) is 140 Å². The molecule has 3 nitrogen and oxygen atoms in total. The minimum Gasteiger partial charge on any atom is -0.309 e. The van der Waals surface area contributed by atoms with E-state index in [0.29, 0.717) is 0 Å². The van der Waals surface area contributed by atoms with Gasteiger partial charge in [-0.15, -0.1) is 0 Å². The van der Waals surface area contributed by atoms with Crippen LogP contribution >= 0.6 is 0 Å². The number of hydrogen-bond donors (Lipinski definition) is 0. The van der Waals surface area contributed by atoms with Crippen LogP contribution in [-0.4, -0.2) is 16.1 Å². The Balaban J connectivity index is 1.16. The Morgan fingerprint density at radius 1 is 0.478 bits per heavy atom. The van der Waals surface area contributed by atoms with Crippen LogP contribution in [0, 0.1) is 5.92 Å². The molecule has 7 aromatic rings. The zero-order valence-corrected chi connectivity index (χ0v) is 25.7. The van der Waals surface area contributed by atoms with Gasteiger partial charge in [0.1, 0.15) is 0 Å². The van der Waals surface area contributed by atoms with Crippen molar-refractivity contribution >= 4 is 39.1 Å². The third-order valence-electron chi connectivity index (χ3n) is 8.92. The molecule has 8 rings (SSSR count). The van der Waals surface area contributed by atoms with Gasteiger partial charge < -0.3 is 4.57 Å². The number of benzene rings is 6. The van der Waals surface area contributed by atoms with E-state index in [1.807, 2.05) is 6.07 Å². The summed E-state index contributed by atoms with van der Waals surface area (Å²) >= 11 is 0. The maximum atomic E-state index is 5.25. The highest BCUT2D eigenvalue weighted by Crippen LogP contribution is 2.33. The quantitative estimate of drug-likeness (QED) is 0.184. The topological polar surface area (TPSA) is 29.6 Å². The number of para-hydroxylation sites is 2. The number of allylic oxidation sites excluding steroid dienone is 1. The molecule has 3 heteroatoms. The van der Waals surface area contributed by atoms with Crippen LogP contribution in [-0.2, 0) is 0 Å². The van der Waals surface area contributed by atoms with Crippen LogP contribution in [0.4, 0.5) is 0 Å². The van der Waals surface area contributed by atoms with Gasteiger partial charge in [0, 0.05) is 27.9 Å². The zero-order valence-electron chi connectivity index (χ0n) is 25.7. The van der Waals surface area contributed by atoms with E-state index >= 15 is 0 Å². The second-order valence-corrected chi connectivity index (χ2v) is 11.7. The molecular weight excluding hydrogens is 558 g/mol. The molecule has 1 aliphatic rings. The van der Waals surface area contributed by atoms with E-state index in [0.717, 1.165) is 51.6 Å². The fourth-order valence-corrected chi connectivity index (χ4v) is 6.56. The zero-order chi connectivity index (χ0) is 30.9. The normalized spacial score (nSPS) is 14.9. The molecule has 220 valence electrons. The molecule has 0 radical (unpaired) electrons. The predicted octanol–water partition coefficient (Wildman–Crippen LogP) is 10.8. The SMILES string of the molecule is CC[C@H]1C=C(c2ccccc2)N=C(c2ccc(-c3ccc(-n4c5ccccc5c5ccccc54)cc3)cc2)N=C1c1ccccc1. The molecule has 0 N–H and O–H groups in total. The Morgan fingerprint density at radius 2 is 0.978 bits per heavy atom. The molecule has 0 fully saturated rings. The van der Waals surface area contributed by atoms with Crippen LogP contribution in [0.2, 0.25) is 0 Å². The molecule has 6 aromatic carbocycles. The van der Waals surface area contributed by atoms with Gasteiger partial charge in [-0.25, -0.2) is 9.98 Å². The summed E-state index contributed by atoms with van der Waals surface area (Å²) < 4.78 is 2.35.